The first kappa shape index (κ1) is 15.2. The molecular formula is C15H20N2O2. The minimum atomic E-state index is -0.0703. The highest BCUT2D eigenvalue weighted by atomic mass is 16.2. The number of anilines is 1. The summed E-state index contributed by atoms with van der Waals surface area (Å²) >= 11 is 0. The van der Waals surface area contributed by atoms with Crippen molar-refractivity contribution in [1.29, 1.82) is 0 Å². The van der Waals surface area contributed by atoms with Gasteiger partial charge in [-0.25, -0.2) is 0 Å². The number of aryl methyl sites for hydroxylation is 1. The molecule has 0 saturated carbocycles. The van der Waals surface area contributed by atoms with E-state index in [9.17, 15) is 4.79 Å². The second-order valence-corrected chi connectivity index (χ2v) is 4.61. The Bertz CT molecular complexity index is 499. The van der Waals surface area contributed by atoms with Gasteiger partial charge >= 0.3 is 0 Å². The number of aliphatic hydroxyl groups is 1. The summed E-state index contributed by atoms with van der Waals surface area (Å²) in [5.74, 6) is 5.78. The van der Waals surface area contributed by atoms with Gasteiger partial charge in [-0.3, -0.25) is 4.79 Å². The summed E-state index contributed by atoms with van der Waals surface area (Å²) in [6.07, 6.45) is 0.430. The molecular weight excluding hydrogens is 240 g/mol. The summed E-state index contributed by atoms with van der Waals surface area (Å²) < 4.78 is 0. The largest absolute Gasteiger partial charge is 0.395 e. The topological polar surface area (TPSA) is 52.6 Å². The van der Waals surface area contributed by atoms with Gasteiger partial charge in [0.25, 0.3) is 0 Å². The van der Waals surface area contributed by atoms with Gasteiger partial charge in [0.1, 0.15) is 0 Å². The van der Waals surface area contributed by atoms with Crippen molar-refractivity contribution in [3.05, 3.63) is 29.3 Å². The molecule has 0 bridgehead atoms. The van der Waals surface area contributed by atoms with E-state index in [0.29, 0.717) is 18.7 Å². The average Bonchev–Trinajstić information content (AvgIpc) is 2.32. The summed E-state index contributed by atoms with van der Waals surface area (Å²) in [4.78, 5) is 13.6. The number of benzene rings is 1. The van der Waals surface area contributed by atoms with Gasteiger partial charge in [0.2, 0.25) is 5.91 Å². The lowest BCUT2D eigenvalue weighted by molar-refractivity contribution is -0.116. The van der Waals surface area contributed by atoms with Crippen LogP contribution in [0.3, 0.4) is 0 Å². The molecule has 0 saturated heterocycles. The van der Waals surface area contributed by atoms with Crippen LogP contribution >= 0.6 is 0 Å². The lowest BCUT2D eigenvalue weighted by Gasteiger charge is -2.11. The van der Waals surface area contributed by atoms with Crippen molar-refractivity contribution in [1.82, 2.24) is 4.90 Å². The Hall–Kier alpha value is -1.83. The summed E-state index contributed by atoms with van der Waals surface area (Å²) in [6.45, 7) is 2.35. The minimum Gasteiger partial charge on any atom is -0.395 e. The number of nitrogens with one attached hydrogen (secondary N) is 1. The predicted molar refractivity (Wildman–Crippen MR) is 76.9 cm³/mol. The van der Waals surface area contributed by atoms with E-state index in [0.717, 1.165) is 11.1 Å². The third-order valence-corrected chi connectivity index (χ3v) is 2.37. The van der Waals surface area contributed by atoms with Crippen molar-refractivity contribution < 1.29 is 9.90 Å². The molecule has 0 atom stereocenters. The fourth-order valence-corrected chi connectivity index (χ4v) is 1.56. The van der Waals surface area contributed by atoms with E-state index in [2.05, 4.69) is 17.2 Å². The average molecular weight is 260 g/mol. The second-order valence-electron chi connectivity index (χ2n) is 4.61. The van der Waals surface area contributed by atoms with Gasteiger partial charge in [-0.05, 0) is 38.7 Å². The zero-order chi connectivity index (χ0) is 14.3. The number of rotatable bonds is 4. The Morgan fingerprint density at radius 1 is 1.42 bits per heavy atom. The molecule has 0 aliphatic rings. The van der Waals surface area contributed by atoms with Crippen molar-refractivity contribution in [2.45, 2.75) is 13.3 Å². The number of hydrogen-bond acceptors (Lipinski definition) is 3. The fraction of sp³-hybridized carbons (Fsp3) is 0.400. The number of likely N-dealkylation sites (N-methyl/N-ethyl adjacent to an activating group) is 1. The smallest absolute Gasteiger partial charge is 0.238 e. The zero-order valence-electron chi connectivity index (χ0n) is 11.7. The molecule has 19 heavy (non-hydrogen) atoms. The molecule has 0 heterocycles. The van der Waals surface area contributed by atoms with E-state index in [1.165, 1.54) is 0 Å². The fourth-order valence-electron chi connectivity index (χ4n) is 1.56. The summed E-state index contributed by atoms with van der Waals surface area (Å²) in [7, 11) is 3.69. The molecule has 4 nitrogen and oxygen atoms in total. The van der Waals surface area contributed by atoms with Crippen LogP contribution in [0.15, 0.2) is 18.2 Å². The minimum absolute atomic E-state index is 0.0428. The normalized spacial score (nSPS) is 9.95. The Morgan fingerprint density at radius 3 is 2.79 bits per heavy atom. The van der Waals surface area contributed by atoms with Crippen LogP contribution in [0.25, 0.3) is 0 Å². The molecule has 1 amide bonds. The molecule has 0 spiro atoms. The van der Waals surface area contributed by atoms with Gasteiger partial charge in [0.05, 0.1) is 18.8 Å². The van der Waals surface area contributed by atoms with E-state index in [-0.39, 0.29) is 12.5 Å². The van der Waals surface area contributed by atoms with Gasteiger partial charge < -0.3 is 15.3 Å². The van der Waals surface area contributed by atoms with Crippen molar-refractivity contribution >= 4 is 11.6 Å². The summed E-state index contributed by atoms with van der Waals surface area (Å²) in [5, 5.41) is 11.6. The molecule has 0 aliphatic carbocycles. The molecule has 0 radical (unpaired) electrons. The van der Waals surface area contributed by atoms with Crippen LogP contribution in [0.4, 0.5) is 5.69 Å². The maximum absolute atomic E-state index is 11.7. The molecule has 2 N–H and O–H groups in total. The molecule has 0 aromatic heterocycles. The SMILES string of the molecule is Cc1ccc(NC(=O)CN(C)C)c(C#CCCO)c1. The predicted octanol–water partition coefficient (Wildman–Crippen LogP) is 1.23. The summed E-state index contributed by atoms with van der Waals surface area (Å²) in [5.41, 5.74) is 2.57. The highest BCUT2D eigenvalue weighted by molar-refractivity contribution is 5.93. The number of hydrogen-bond donors (Lipinski definition) is 2. The van der Waals surface area contributed by atoms with E-state index in [1.54, 1.807) is 4.90 Å². The van der Waals surface area contributed by atoms with Crippen molar-refractivity contribution in [3.63, 3.8) is 0 Å². The molecule has 0 unspecified atom stereocenters. The molecule has 102 valence electrons. The van der Waals surface area contributed by atoms with Crippen LogP contribution in [0.1, 0.15) is 17.5 Å². The third kappa shape index (κ3) is 5.56. The van der Waals surface area contributed by atoms with E-state index < -0.39 is 0 Å². The number of aliphatic hydroxyl groups excluding tert-OH is 1. The number of nitrogens with zero attached hydrogens (tertiary/aromatic N) is 1. The quantitative estimate of drug-likeness (QED) is 0.801. The molecule has 1 aromatic rings. The number of carbonyl (C=O) groups is 1. The highest BCUT2D eigenvalue weighted by Crippen LogP contribution is 2.16. The third-order valence-electron chi connectivity index (χ3n) is 2.37. The van der Waals surface area contributed by atoms with E-state index in [1.807, 2.05) is 39.2 Å². The van der Waals surface area contributed by atoms with Crippen LogP contribution in [0.5, 0.6) is 0 Å². The number of amides is 1. The van der Waals surface area contributed by atoms with E-state index in [4.69, 9.17) is 5.11 Å². The first-order valence-electron chi connectivity index (χ1n) is 6.18. The van der Waals surface area contributed by atoms with Crippen molar-refractivity contribution in [3.8, 4) is 11.8 Å². The Labute approximate surface area is 114 Å². The second kappa shape index (κ2) is 7.57. The van der Waals surface area contributed by atoms with Gasteiger partial charge in [0, 0.05) is 12.0 Å². The lowest BCUT2D eigenvalue weighted by atomic mass is 10.1. The Kier molecular flexibility index (Phi) is 6.07. The molecule has 1 aromatic carbocycles. The van der Waals surface area contributed by atoms with Crippen molar-refractivity contribution in [2.24, 2.45) is 0 Å². The van der Waals surface area contributed by atoms with Crippen LogP contribution in [-0.2, 0) is 4.79 Å². The molecule has 0 aliphatic heterocycles. The Balaban J connectivity index is 2.88. The first-order valence-corrected chi connectivity index (χ1v) is 6.18. The standard InChI is InChI=1S/C15H20N2O2/c1-12-7-8-14(16-15(19)11-17(2)3)13(10-12)6-4-5-9-18/h7-8,10,18H,5,9,11H2,1-3H3,(H,16,19). The van der Waals surface area contributed by atoms with Crippen LogP contribution < -0.4 is 5.32 Å². The van der Waals surface area contributed by atoms with E-state index >= 15 is 0 Å². The number of carbonyl (C=O) groups excluding carboxylic acids is 1. The summed E-state index contributed by atoms with van der Waals surface area (Å²) in [6, 6.07) is 5.71. The monoisotopic (exact) mass is 260 g/mol. The lowest BCUT2D eigenvalue weighted by Crippen LogP contribution is -2.27. The van der Waals surface area contributed by atoms with Crippen LogP contribution in [-0.4, -0.2) is 43.2 Å². The van der Waals surface area contributed by atoms with Crippen molar-refractivity contribution in [2.75, 3.05) is 32.6 Å². The molecule has 4 heteroatoms. The van der Waals surface area contributed by atoms with Gasteiger partial charge in [-0.1, -0.05) is 17.9 Å². The van der Waals surface area contributed by atoms with Gasteiger partial charge in [0.15, 0.2) is 0 Å². The van der Waals surface area contributed by atoms with Crippen LogP contribution in [0, 0.1) is 18.8 Å². The van der Waals surface area contributed by atoms with Crippen LogP contribution in [0.2, 0.25) is 0 Å². The Morgan fingerprint density at radius 2 is 2.16 bits per heavy atom. The zero-order valence-corrected chi connectivity index (χ0v) is 11.7. The van der Waals surface area contributed by atoms with Gasteiger partial charge in [-0.2, -0.15) is 0 Å². The molecule has 0 fully saturated rings. The van der Waals surface area contributed by atoms with Gasteiger partial charge in [-0.15, -0.1) is 0 Å². The molecule has 1 rings (SSSR count). The highest BCUT2D eigenvalue weighted by Gasteiger charge is 2.06. The maximum Gasteiger partial charge on any atom is 0.238 e. The maximum atomic E-state index is 11.7. The first-order chi connectivity index (χ1) is 9.02.